The molecule has 0 saturated carbocycles. The highest BCUT2D eigenvalue weighted by Crippen LogP contribution is 2.38. The summed E-state index contributed by atoms with van der Waals surface area (Å²) in [6.07, 6.45) is -2.59. The van der Waals surface area contributed by atoms with Crippen molar-refractivity contribution in [1.29, 1.82) is 0 Å². The van der Waals surface area contributed by atoms with Gasteiger partial charge in [0, 0.05) is 20.1 Å². The molecular formula is C12H17F3N4O. The van der Waals surface area contributed by atoms with E-state index in [4.69, 9.17) is 4.74 Å². The molecular weight excluding hydrogens is 273 g/mol. The molecule has 2 rings (SSSR count). The standard InChI is InChI=1S/C12H17F3N4O/c1-16-10-9(20-2)11(18-7-17-10)19-5-3-8(4-6-19)12(13,14)15/h7-8H,3-6H2,1-2H3,(H,16,17,18). The van der Waals surface area contributed by atoms with Gasteiger partial charge >= 0.3 is 6.18 Å². The number of rotatable bonds is 3. The summed E-state index contributed by atoms with van der Waals surface area (Å²) in [4.78, 5) is 9.97. The zero-order chi connectivity index (χ0) is 14.8. The van der Waals surface area contributed by atoms with Crippen molar-refractivity contribution in [2.45, 2.75) is 19.0 Å². The lowest BCUT2D eigenvalue weighted by molar-refractivity contribution is -0.179. The van der Waals surface area contributed by atoms with Crippen LogP contribution in [0.2, 0.25) is 0 Å². The maximum Gasteiger partial charge on any atom is 0.391 e. The Morgan fingerprint density at radius 1 is 1.30 bits per heavy atom. The SMILES string of the molecule is CNc1ncnc(N2CCC(C(F)(F)F)CC2)c1OC. The Bertz CT molecular complexity index is 459. The number of nitrogens with zero attached hydrogens (tertiary/aromatic N) is 3. The van der Waals surface area contributed by atoms with Crippen molar-refractivity contribution in [2.75, 3.05) is 37.5 Å². The fraction of sp³-hybridized carbons (Fsp3) is 0.667. The fourth-order valence-corrected chi connectivity index (χ4v) is 2.37. The molecule has 0 bridgehead atoms. The number of ether oxygens (including phenoxy) is 1. The fourth-order valence-electron chi connectivity index (χ4n) is 2.37. The topological polar surface area (TPSA) is 50.3 Å². The van der Waals surface area contributed by atoms with Crippen LogP contribution in [0.4, 0.5) is 24.8 Å². The Morgan fingerprint density at radius 3 is 2.45 bits per heavy atom. The van der Waals surface area contributed by atoms with Gasteiger partial charge in [-0.1, -0.05) is 0 Å². The van der Waals surface area contributed by atoms with Crippen molar-refractivity contribution in [3.63, 3.8) is 0 Å². The van der Waals surface area contributed by atoms with Gasteiger partial charge in [-0.3, -0.25) is 0 Å². The minimum Gasteiger partial charge on any atom is -0.490 e. The lowest BCUT2D eigenvalue weighted by Gasteiger charge is -2.34. The van der Waals surface area contributed by atoms with Gasteiger partial charge in [0.25, 0.3) is 0 Å². The van der Waals surface area contributed by atoms with Gasteiger partial charge in [-0.2, -0.15) is 13.2 Å². The minimum atomic E-state index is -4.11. The predicted octanol–water partition coefficient (Wildman–Crippen LogP) is 2.31. The van der Waals surface area contributed by atoms with Crippen LogP contribution in [0.5, 0.6) is 5.75 Å². The van der Waals surface area contributed by atoms with Crippen LogP contribution < -0.4 is 15.0 Å². The molecule has 1 aromatic rings. The predicted molar refractivity (Wildman–Crippen MR) is 69.1 cm³/mol. The monoisotopic (exact) mass is 290 g/mol. The first-order valence-electron chi connectivity index (χ1n) is 6.35. The number of hydrogen-bond donors (Lipinski definition) is 1. The van der Waals surface area contributed by atoms with Crippen LogP contribution in [-0.2, 0) is 0 Å². The zero-order valence-electron chi connectivity index (χ0n) is 11.4. The van der Waals surface area contributed by atoms with Gasteiger partial charge < -0.3 is 15.0 Å². The Hall–Kier alpha value is -1.73. The number of aromatic nitrogens is 2. The highest BCUT2D eigenvalue weighted by molar-refractivity contribution is 5.64. The largest absolute Gasteiger partial charge is 0.490 e. The summed E-state index contributed by atoms with van der Waals surface area (Å²) in [5.74, 6) is 0.290. The molecule has 0 aromatic carbocycles. The molecule has 0 radical (unpaired) electrons. The van der Waals surface area contributed by atoms with Crippen LogP contribution in [-0.4, -0.2) is 43.4 Å². The van der Waals surface area contributed by atoms with Gasteiger partial charge in [0.05, 0.1) is 13.0 Å². The van der Waals surface area contributed by atoms with E-state index in [1.165, 1.54) is 13.4 Å². The van der Waals surface area contributed by atoms with E-state index in [-0.39, 0.29) is 12.8 Å². The van der Waals surface area contributed by atoms with Crippen molar-refractivity contribution < 1.29 is 17.9 Å². The van der Waals surface area contributed by atoms with Crippen molar-refractivity contribution in [1.82, 2.24) is 9.97 Å². The van der Waals surface area contributed by atoms with E-state index < -0.39 is 12.1 Å². The van der Waals surface area contributed by atoms with Crippen LogP contribution in [0.1, 0.15) is 12.8 Å². The molecule has 0 aliphatic carbocycles. The summed E-state index contributed by atoms with van der Waals surface area (Å²) in [5.41, 5.74) is 0. The van der Waals surface area contributed by atoms with Gasteiger partial charge in [-0.25, -0.2) is 9.97 Å². The molecule has 1 aromatic heterocycles. The molecule has 0 spiro atoms. The number of piperidine rings is 1. The molecule has 20 heavy (non-hydrogen) atoms. The van der Waals surface area contributed by atoms with Crippen molar-refractivity contribution in [2.24, 2.45) is 5.92 Å². The molecule has 1 N–H and O–H groups in total. The van der Waals surface area contributed by atoms with E-state index in [1.807, 2.05) is 4.90 Å². The second-order valence-electron chi connectivity index (χ2n) is 4.63. The number of nitrogens with one attached hydrogen (secondary N) is 1. The highest BCUT2D eigenvalue weighted by atomic mass is 19.4. The first-order valence-corrected chi connectivity index (χ1v) is 6.35. The third-order valence-corrected chi connectivity index (χ3v) is 3.48. The second-order valence-corrected chi connectivity index (χ2v) is 4.63. The Morgan fingerprint density at radius 2 is 1.95 bits per heavy atom. The maximum atomic E-state index is 12.7. The third-order valence-electron chi connectivity index (χ3n) is 3.48. The summed E-state index contributed by atoms with van der Waals surface area (Å²) >= 11 is 0. The van der Waals surface area contributed by atoms with Gasteiger partial charge in [0.2, 0.25) is 5.75 Å². The maximum absolute atomic E-state index is 12.7. The average Bonchev–Trinajstić information content (AvgIpc) is 2.45. The molecule has 0 unspecified atom stereocenters. The van der Waals surface area contributed by atoms with E-state index in [0.717, 1.165) is 0 Å². The molecule has 1 fully saturated rings. The third kappa shape index (κ3) is 2.88. The Kier molecular flexibility index (Phi) is 4.20. The first-order chi connectivity index (χ1) is 9.47. The molecule has 8 heteroatoms. The number of halogens is 3. The normalized spacial score (nSPS) is 17.1. The molecule has 1 aliphatic heterocycles. The zero-order valence-corrected chi connectivity index (χ0v) is 11.4. The Labute approximate surface area is 115 Å². The first kappa shape index (κ1) is 14.7. The molecule has 2 heterocycles. The van der Waals surface area contributed by atoms with Crippen LogP contribution >= 0.6 is 0 Å². The van der Waals surface area contributed by atoms with Gasteiger partial charge in [-0.15, -0.1) is 0 Å². The molecule has 1 aliphatic rings. The summed E-state index contributed by atoms with van der Waals surface area (Å²) < 4.78 is 43.2. The van der Waals surface area contributed by atoms with E-state index in [2.05, 4.69) is 15.3 Å². The van der Waals surface area contributed by atoms with Crippen LogP contribution in [0.15, 0.2) is 6.33 Å². The number of alkyl halides is 3. The average molecular weight is 290 g/mol. The quantitative estimate of drug-likeness (QED) is 0.925. The van der Waals surface area contributed by atoms with Crippen molar-refractivity contribution >= 4 is 11.6 Å². The van der Waals surface area contributed by atoms with Crippen LogP contribution in [0.3, 0.4) is 0 Å². The molecule has 112 valence electrons. The lowest BCUT2D eigenvalue weighted by Crippen LogP contribution is -2.39. The summed E-state index contributed by atoms with van der Waals surface area (Å²) in [5, 5.41) is 2.88. The van der Waals surface area contributed by atoms with Gasteiger partial charge in [0.15, 0.2) is 11.6 Å². The van der Waals surface area contributed by atoms with E-state index >= 15 is 0 Å². The smallest absolute Gasteiger partial charge is 0.391 e. The van der Waals surface area contributed by atoms with Gasteiger partial charge in [-0.05, 0) is 12.8 Å². The summed E-state index contributed by atoms with van der Waals surface area (Å²) in [7, 11) is 3.19. The van der Waals surface area contributed by atoms with Crippen molar-refractivity contribution in [3.8, 4) is 5.75 Å². The number of hydrogen-bond acceptors (Lipinski definition) is 5. The Balaban J connectivity index is 2.15. The van der Waals surface area contributed by atoms with Crippen LogP contribution in [0, 0.1) is 5.92 Å². The highest BCUT2D eigenvalue weighted by Gasteiger charge is 2.41. The molecule has 0 amide bonds. The van der Waals surface area contributed by atoms with E-state index in [0.29, 0.717) is 30.5 Å². The number of methoxy groups -OCH3 is 1. The summed E-state index contributed by atoms with van der Waals surface area (Å²) in [6.45, 7) is 0.613. The second kappa shape index (κ2) is 5.72. The molecule has 1 saturated heterocycles. The molecule has 0 atom stereocenters. The number of anilines is 2. The minimum absolute atomic E-state index is 0.0749. The van der Waals surface area contributed by atoms with Crippen molar-refractivity contribution in [3.05, 3.63) is 6.33 Å². The summed E-state index contributed by atoms with van der Waals surface area (Å²) in [6, 6.07) is 0. The van der Waals surface area contributed by atoms with E-state index in [9.17, 15) is 13.2 Å². The lowest BCUT2D eigenvalue weighted by atomic mass is 9.96. The van der Waals surface area contributed by atoms with Crippen LogP contribution in [0.25, 0.3) is 0 Å². The van der Waals surface area contributed by atoms with Gasteiger partial charge in [0.1, 0.15) is 6.33 Å². The molecule has 5 nitrogen and oxygen atoms in total. The van der Waals surface area contributed by atoms with E-state index in [1.54, 1.807) is 7.05 Å².